The molecule has 158 valence electrons. The van der Waals surface area contributed by atoms with Crippen LogP contribution in [0.5, 0.6) is 5.75 Å². The number of amides is 1. The molecule has 30 heavy (non-hydrogen) atoms. The second-order valence-corrected chi connectivity index (χ2v) is 8.00. The van der Waals surface area contributed by atoms with Gasteiger partial charge in [-0.05, 0) is 59.1 Å². The number of aromatic nitrogens is 4. The molecule has 4 rings (SSSR count). The van der Waals surface area contributed by atoms with Crippen molar-refractivity contribution >= 4 is 11.6 Å². The van der Waals surface area contributed by atoms with Gasteiger partial charge in [0.2, 0.25) is 0 Å². The number of carbonyl (C=O) groups is 1. The van der Waals surface area contributed by atoms with Gasteiger partial charge in [-0.25, -0.2) is 15.0 Å². The number of imidazole rings is 1. The Morgan fingerprint density at radius 3 is 2.83 bits per heavy atom. The second kappa shape index (κ2) is 8.42. The number of nitrogens with zero attached hydrogens (tertiary/aromatic N) is 5. The van der Waals surface area contributed by atoms with Crippen LogP contribution in [0.1, 0.15) is 59.3 Å². The highest BCUT2D eigenvalue weighted by atomic mass is 16.5. The number of fused-ring (bicyclic) bond motifs is 1. The highest BCUT2D eigenvalue weighted by Crippen LogP contribution is 2.26. The SMILES string of the molecule is CCOc1ccc(C)nc1C(=O)N1CCCC[C@H]1Cc1cn2cnc(C)c(C)c2n1. The van der Waals surface area contributed by atoms with Crippen LogP contribution in [0.3, 0.4) is 0 Å². The molecule has 0 N–H and O–H groups in total. The molecule has 1 amide bonds. The van der Waals surface area contributed by atoms with Crippen molar-refractivity contribution in [2.75, 3.05) is 13.2 Å². The summed E-state index contributed by atoms with van der Waals surface area (Å²) in [5, 5.41) is 0. The van der Waals surface area contributed by atoms with E-state index in [9.17, 15) is 4.79 Å². The van der Waals surface area contributed by atoms with Crippen molar-refractivity contribution in [2.24, 2.45) is 0 Å². The maximum Gasteiger partial charge on any atom is 0.276 e. The number of aryl methyl sites for hydroxylation is 3. The van der Waals surface area contributed by atoms with E-state index in [1.54, 1.807) is 0 Å². The quantitative estimate of drug-likeness (QED) is 0.645. The Kier molecular flexibility index (Phi) is 5.70. The Labute approximate surface area is 177 Å². The van der Waals surface area contributed by atoms with Crippen LogP contribution in [0, 0.1) is 20.8 Å². The summed E-state index contributed by atoms with van der Waals surface area (Å²) in [6.07, 6.45) is 7.64. The van der Waals surface area contributed by atoms with E-state index in [1.807, 2.05) is 61.7 Å². The first-order chi connectivity index (χ1) is 14.5. The third-order valence-corrected chi connectivity index (χ3v) is 5.87. The normalized spacial score (nSPS) is 16.8. The summed E-state index contributed by atoms with van der Waals surface area (Å²) < 4.78 is 7.66. The lowest BCUT2D eigenvalue weighted by molar-refractivity contribution is 0.0601. The zero-order valence-electron chi connectivity index (χ0n) is 18.2. The van der Waals surface area contributed by atoms with E-state index >= 15 is 0 Å². The van der Waals surface area contributed by atoms with Gasteiger partial charge in [-0.3, -0.25) is 9.20 Å². The van der Waals surface area contributed by atoms with Gasteiger partial charge < -0.3 is 9.64 Å². The fraction of sp³-hybridized carbons (Fsp3) is 0.478. The monoisotopic (exact) mass is 407 g/mol. The van der Waals surface area contributed by atoms with Crippen molar-refractivity contribution in [1.82, 2.24) is 24.3 Å². The molecule has 1 atom stereocenters. The lowest BCUT2D eigenvalue weighted by Gasteiger charge is -2.35. The molecule has 4 heterocycles. The van der Waals surface area contributed by atoms with Crippen molar-refractivity contribution in [2.45, 2.75) is 59.4 Å². The van der Waals surface area contributed by atoms with E-state index in [-0.39, 0.29) is 11.9 Å². The van der Waals surface area contributed by atoms with Crippen molar-refractivity contribution in [3.8, 4) is 5.75 Å². The maximum atomic E-state index is 13.5. The number of carbonyl (C=O) groups excluding carboxylic acids is 1. The molecule has 1 aliphatic heterocycles. The molecule has 0 bridgehead atoms. The number of pyridine rings is 1. The van der Waals surface area contributed by atoms with Gasteiger partial charge in [0.15, 0.2) is 11.4 Å². The van der Waals surface area contributed by atoms with Crippen molar-refractivity contribution in [3.05, 3.63) is 53.0 Å². The standard InChI is InChI=1S/C23H29N5O2/c1-5-30-20-10-9-15(2)25-21(20)23(29)28-11-7-6-8-19(28)12-18-13-27-14-24-17(4)16(3)22(27)26-18/h9-10,13-14,19H,5-8,11-12H2,1-4H3/t19-/m0/s1. The van der Waals surface area contributed by atoms with Gasteiger partial charge in [0.05, 0.1) is 12.3 Å². The largest absolute Gasteiger partial charge is 0.491 e. The topological polar surface area (TPSA) is 72.6 Å². The smallest absolute Gasteiger partial charge is 0.276 e. The average molecular weight is 408 g/mol. The number of ether oxygens (including phenoxy) is 1. The minimum atomic E-state index is -0.0516. The van der Waals surface area contributed by atoms with Gasteiger partial charge in [-0.2, -0.15) is 0 Å². The first-order valence-electron chi connectivity index (χ1n) is 10.7. The molecule has 3 aromatic heterocycles. The van der Waals surface area contributed by atoms with Gasteiger partial charge in [-0.1, -0.05) is 0 Å². The van der Waals surface area contributed by atoms with Gasteiger partial charge in [-0.15, -0.1) is 0 Å². The minimum absolute atomic E-state index is 0.0516. The number of piperidine rings is 1. The van der Waals surface area contributed by atoms with Crippen molar-refractivity contribution in [3.63, 3.8) is 0 Å². The Hall–Kier alpha value is -2.96. The molecule has 0 radical (unpaired) electrons. The first-order valence-corrected chi connectivity index (χ1v) is 10.7. The highest BCUT2D eigenvalue weighted by Gasteiger charge is 2.31. The van der Waals surface area contributed by atoms with Crippen LogP contribution in [0.15, 0.2) is 24.7 Å². The number of rotatable bonds is 5. The molecule has 0 aromatic carbocycles. The lowest BCUT2D eigenvalue weighted by atomic mass is 9.97. The predicted molar refractivity (Wildman–Crippen MR) is 115 cm³/mol. The van der Waals surface area contributed by atoms with Crippen LogP contribution in [-0.2, 0) is 6.42 Å². The molecule has 7 heteroatoms. The Bertz CT molecular complexity index is 1070. The Morgan fingerprint density at radius 1 is 1.20 bits per heavy atom. The summed E-state index contributed by atoms with van der Waals surface area (Å²) in [7, 11) is 0. The lowest BCUT2D eigenvalue weighted by Crippen LogP contribution is -2.45. The minimum Gasteiger partial charge on any atom is -0.491 e. The van der Waals surface area contributed by atoms with E-state index in [0.717, 1.165) is 60.5 Å². The molecular formula is C23H29N5O2. The van der Waals surface area contributed by atoms with E-state index in [2.05, 4.69) is 9.97 Å². The Balaban J connectivity index is 1.62. The van der Waals surface area contributed by atoms with E-state index in [1.165, 1.54) is 0 Å². The molecular weight excluding hydrogens is 378 g/mol. The summed E-state index contributed by atoms with van der Waals surface area (Å²) in [5.74, 6) is 0.506. The van der Waals surface area contributed by atoms with Crippen molar-refractivity contribution in [1.29, 1.82) is 0 Å². The summed E-state index contributed by atoms with van der Waals surface area (Å²) >= 11 is 0. The predicted octanol–water partition coefficient (Wildman–Crippen LogP) is 3.69. The van der Waals surface area contributed by atoms with Crippen LogP contribution < -0.4 is 4.74 Å². The van der Waals surface area contributed by atoms with Crippen LogP contribution in [-0.4, -0.2) is 49.4 Å². The molecule has 1 fully saturated rings. The van der Waals surface area contributed by atoms with Crippen LogP contribution >= 0.6 is 0 Å². The number of hydrogen-bond donors (Lipinski definition) is 0. The van der Waals surface area contributed by atoms with E-state index in [0.29, 0.717) is 18.1 Å². The third-order valence-electron chi connectivity index (χ3n) is 5.87. The highest BCUT2D eigenvalue weighted by molar-refractivity contribution is 5.95. The molecule has 1 aliphatic rings. The summed E-state index contributed by atoms with van der Waals surface area (Å²) in [4.78, 5) is 29.2. The summed E-state index contributed by atoms with van der Waals surface area (Å²) in [6.45, 7) is 9.09. The van der Waals surface area contributed by atoms with Gasteiger partial charge in [0.25, 0.3) is 5.91 Å². The molecule has 0 saturated carbocycles. The molecule has 3 aromatic rings. The molecule has 0 unspecified atom stereocenters. The zero-order chi connectivity index (χ0) is 21.3. The van der Waals surface area contributed by atoms with Crippen molar-refractivity contribution < 1.29 is 9.53 Å². The summed E-state index contributed by atoms with van der Waals surface area (Å²) in [5.41, 5.74) is 5.22. The van der Waals surface area contributed by atoms with E-state index in [4.69, 9.17) is 9.72 Å². The number of likely N-dealkylation sites (tertiary alicyclic amines) is 1. The zero-order valence-corrected chi connectivity index (χ0v) is 18.2. The Morgan fingerprint density at radius 2 is 2.03 bits per heavy atom. The first kappa shape index (κ1) is 20.3. The van der Waals surface area contributed by atoms with Crippen LogP contribution in [0.2, 0.25) is 0 Å². The number of hydrogen-bond acceptors (Lipinski definition) is 5. The molecule has 7 nitrogen and oxygen atoms in total. The fourth-order valence-electron chi connectivity index (χ4n) is 4.14. The molecule has 0 spiro atoms. The van der Waals surface area contributed by atoms with Gasteiger partial charge in [0, 0.05) is 42.2 Å². The van der Waals surface area contributed by atoms with Crippen LogP contribution in [0.25, 0.3) is 5.65 Å². The van der Waals surface area contributed by atoms with Crippen LogP contribution in [0.4, 0.5) is 0 Å². The average Bonchev–Trinajstić information content (AvgIpc) is 3.15. The molecule has 0 aliphatic carbocycles. The summed E-state index contributed by atoms with van der Waals surface area (Å²) in [6, 6.07) is 3.82. The fourth-order valence-corrected chi connectivity index (χ4v) is 4.14. The van der Waals surface area contributed by atoms with Gasteiger partial charge in [0.1, 0.15) is 12.0 Å². The maximum absolute atomic E-state index is 13.5. The third kappa shape index (κ3) is 3.88. The van der Waals surface area contributed by atoms with Gasteiger partial charge >= 0.3 is 0 Å². The van der Waals surface area contributed by atoms with E-state index < -0.39 is 0 Å². The molecule has 1 saturated heterocycles. The second-order valence-electron chi connectivity index (χ2n) is 8.00.